The van der Waals surface area contributed by atoms with Crippen LogP contribution in [-0.4, -0.2) is 0 Å². The molecule has 2 nitrogen and oxygen atoms in total. The molecule has 2 rings (SSSR count). The molecule has 1 aromatic carbocycles. The largest absolute Gasteiger partial charge is 0.423 e. The number of rotatable bonds is 2. The van der Waals surface area contributed by atoms with Crippen LogP contribution in [0, 0.1) is 0 Å². The van der Waals surface area contributed by atoms with Gasteiger partial charge in [0.1, 0.15) is 5.58 Å². The zero-order valence-corrected chi connectivity index (χ0v) is 9.91. The standard InChI is InChI=1S/C14H16O2/c1-4-10-8-14(15)16-13-7-11(9(2)3)5-6-12(10)13/h5-9H,4H2,1-3H3. The van der Waals surface area contributed by atoms with Gasteiger partial charge in [-0.3, -0.25) is 0 Å². The number of hydrogen-bond donors (Lipinski definition) is 0. The summed E-state index contributed by atoms with van der Waals surface area (Å²) in [6, 6.07) is 7.70. The molecule has 0 atom stereocenters. The minimum Gasteiger partial charge on any atom is -0.423 e. The first-order valence-electron chi connectivity index (χ1n) is 5.68. The van der Waals surface area contributed by atoms with Crippen molar-refractivity contribution in [2.45, 2.75) is 33.1 Å². The minimum absolute atomic E-state index is 0.259. The fourth-order valence-electron chi connectivity index (χ4n) is 1.90. The normalized spacial score (nSPS) is 11.2. The van der Waals surface area contributed by atoms with Crippen molar-refractivity contribution < 1.29 is 4.42 Å². The summed E-state index contributed by atoms with van der Waals surface area (Å²) in [5.74, 6) is 0.444. The molecule has 84 valence electrons. The van der Waals surface area contributed by atoms with Crippen molar-refractivity contribution in [3.05, 3.63) is 45.8 Å². The van der Waals surface area contributed by atoms with Crippen LogP contribution in [0.3, 0.4) is 0 Å². The van der Waals surface area contributed by atoms with Gasteiger partial charge in [-0.1, -0.05) is 32.9 Å². The highest BCUT2D eigenvalue weighted by atomic mass is 16.4. The van der Waals surface area contributed by atoms with Crippen LogP contribution in [0.2, 0.25) is 0 Å². The van der Waals surface area contributed by atoms with Crippen LogP contribution in [0.1, 0.15) is 37.8 Å². The van der Waals surface area contributed by atoms with Gasteiger partial charge < -0.3 is 4.42 Å². The molecule has 2 heteroatoms. The Morgan fingerprint density at radius 2 is 2.00 bits per heavy atom. The number of hydrogen-bond acceptors (Lipinski definition) is 2. The van der Waals surface area contributed by atoms with Crippen molar-refractivity contribution in [3.8, 4) is 0 Å². The molecule has 0 aliphatic carbocycles. The first-order valence-corrected chi connectivity index (χ1v) is 5.68. The molecule has 0 saturated heterocycles. The van der Waals surface area contributed by atoms with Crippen LogP contribution in [0.15, 0.2) is 33.5 Å². The third kappa shape index (κ3) is 1.87. The quantitative estimate of drug-likeness (QED) is 0.719. The van der Waals surface area contributed by atoms with Gasteiger partial charge in [0.2, 0.25) is 0 Å². The highest BCUT2D eigenvalue weighted by Gasteiger charge is 2.06. The van der Waals surface area contributed by atoms with Crippen LogP contribution in [-0.2, 0) is 6.42 Å². The van der Waals surface area contributed by atoms with Gasteiger partial charge in [-0.05, 0) is 29.5 Å². The van der Waals surface area contributed by atoms with E-state index >= 15 is 0 Å². The van der Waals surface area contributed by atoms with E-state index in [1.807, 2.05) is 19.1 Å². The molecule has 0 fully saturated rings. The third-order valence-electron chi connectivity index (χ3n) is 2.90. The molecule has 2 aromatic rings. The monoisotopic (exact) mass is 216 g/mol. The van der Waals surface area contributed by atoms with Crippen LogP contribution in [0.5, 0.6) is 0 Å². The van der Waals surface area contributed by atoms with E-state index in [9.17, 15) is 4.79 Å². The first kappa shape index (κ1) is 10.9. The summed E-state index contributed by atoms with van der Waals surface area (Å²) in [5, 5.41) is 1.05. The maximum absolute atomic E-state index is 11.4. The summed E-state index contributed by atoms with van der Waals surface area (Å²) < 4.78 is 5.24. The third-order valence-corrected chi connectivity index (χ3v) is 2.90. The van der Waals surface area contributed by atoms with Crippen molar-refractivity contribution in [2.75, 3.05) is 0 Å². The maximum atomic E-state index is 11.4. The Morgan fingerprint density at radius 3 is 2.62 bits per heavy atom. The Kier molecular flexibility index (Phi) is 2.82. The van der Waals surface area contributed by atoms with Crippen molar-refractivity contribution >= 4 is 11.0 Å². The van der Waals surface area contributed by atoms with E-state index in [1.54, 1.807) is 6.07 Å². The van der Waals surface area contributed by atoms with Crippen LogP contribution in [0.25, 0.3) is 11.0 Å². The van der Waals surface area contributed by atoms with Gasteiger partial charge in [0.15, 0.2) is 0 Å². The Hall–Kier alpha value is -1.57. The molecular weight excluding hydrogens is 200 g/mol. The summed E-state index contributed by atoms with van der Waals surface area (Å²) in [7, 11) is 0. The summed E-state index contributed by atoms with van der Waals surface area (Å²) in [4.78, 5) is 11.4. The average molecular weight is 216 g/mol. The molecule has 0 spiro atoms. The van der Waals surface area contributed by atoms with Gasteiger partial charge in [-0.15, -0.1) is 0 Å². The van der Waals surface area contributed by atoms with E-state index in [2.05, 4.69) is 19.9 Å². The zero-order chi connectivity index (χ0) is 11.7. The predicted molar refractivity (Wildman–Crippen MR) is 66.0 cm³/mol. The Labute approximate surface area is 94.9 Å². The molecule has 1 aromatic heterocycles. The van der Waals surface area contributed by atoms with Gasteiger partial charge in [0.25, 0.3) is 0 Å². The topological polar surface area (TPSA) is 30.2 Å². The van der Waals surface area contributed by atoms with E-state index in [-0.39, 0.29) is 5.63 Å². The molecule has 0 saturated carbocycles. The second kappa shape index (κ2) is 4.12. The highest BCUT2D eigenvalue weighted by Crippen LogP contribution is 2.22. The molecule has 0 bridgehead atoms. The van der Waals surface area contributed by atoms with Crippen molar-refractivity contribution in [1.29, 1.82) is 0 Å². The van der Waals surface area contributed by atoms with Crippen molar-refractivity contribution in [1.82, 2.24) is 0 Å². The molecule has 0 N–H and O–H groups in total. The smallest absolute Gasteiger partial charge is 0.336 e. The zero-order valence-electron chi connectivity index (χ0n) is 9.91. The molecule has 0 amide bonds. The van der Waals surface area contributed by atoms with E-state index in [4.69, 9.17) is 4.42 Å². The van der Waals surface area contributed by atoms with E-state index < -0.39 is 0 Å². The Balaban J connectivity index is 2.74. The summed E-state index contributed by atoms with van der Waals surface area (Å²) in [5.41, 5.74) is 2.70. The van der Waals surface area contributed by atoms with Gasteiger partial charge in [-0.2, -0.15) is 0 Å². The minimum atomic E-state index is -0.259. The average Bonchev–Trinajstić information content (AvgIpc) is 2.26. The number of fused-ring (bicyclic) bond motifs is 1. The summed E-state index contributed by atoms with van der Waals surface area (Å²) >= 11 is 0. The highest BCUT2D eigenvalue weighted by molar-refractivity contribution is 5.80. The van der Waals surface area contributed by atoms with Gasteiger partial charge in [0, 0.05) is 11.5 Å². The summed E-state index contributed by atoms with van der Waals surface area (Å²) in [6.45, 7) is 6.30. The van der Waals surface area contributed by atoms with E-state index in [0.717, 1.165) is 17.4 Å². The lowest BCUT2D eigenvalue weighted by molar-refractivity contribution is 0.558. The van der Waals surface area contributed by atoms with Crippen molar-refractivity contribution in [2.24, 2.45) is 0 Å². The molecule has 1 heterocycles. The van der Waals surface area contributed by atoms with Gasteiger partial charge in [0.05, 0.1) is 0 Å². The lowest BCUT2D eigenvalue weighted by atomic mass is 10.00. The number of benzene rings is 1. The maximum Gasteiger partial charge on any atom is 0.336 e. The molecule has 0 aliphatic heterocycles. The Morgan fingerprint density at radius 1 is 1.25 bits per heavy atom. The van der Waals surface area contributed by atoms with Gasteiger partial charge >= 0.3 is 5.63 Å². The first-order chi connectivity index (χ1) is 7.61. The lowest BCUT2D eigenvalue weighted by Gasteiger charge is -2.07. The SMILES string of the molecule is CCc1cc(=O)oc2cc(C(C)C)ccc12. The van der Waals surface area contributed by atoms with Gasteiger partial charge in [-0.25, -0.2) is 4.79 Å². The van der Waals surface area contributed by atoms with Crippen LogP contribution < -0.4 is 5.63 Å². The molecule has 0 aliphatic rings. The molecular formula is C14H16O2. The number of aryl methyl sites for hydroxylation is 1. The van der Waals surface area contributed by atoms with E-state index in [0.29, 0.717) is 11.5 Å². The fourth-order valence-corrected chi connectivity index (χ4v) is 1.90. The van der Waals surface area contributed by atoms with Crippen LogP contribution in [0.4, 0.5) is 0 Å². The molecule has 16 heavy (non-hydrogen) atoms. The summed E-state index contributed by atoms with van der Waals surface area (Å²) in [6.07, 6.45) is 0.850. The molecule has 0 unspecified atom stereocenters. The predicted octanol–water partition coefficient (Wildman–Crippen LogP) is 3.48. The van der Waals surface area contributed by atoms with Crippen molar-refractivity contribution in [3.63, 3.8) is 0 Å². The van der Waals surface area contributed by atoms with Crippen LogP contribution >= 0.6 is 0 Å². The fraction of sp³-hybridized carbons (Fsp3) is 0.357. The Bertz CT molecular complexity index is 564. The second-order valence-corrected chi connectivity index (χ2v) is 4.35. The van der Waals surface area contributed by atoms with E-state index in [1.165, 1.54) is 5.56 Å². The molecule has 0 radical (unpaired) electrons. The second-order valence-electron chi connectivity index (χ2n) is 4.35. The lowest BCUT2D eigenvalue weighted by Crippen LogP contribution is -2.00.